The van der Waals surface area contributed by atoms with Gasteiger partial charge in [0.05, 0.1) is 18.8 Å². The molecule has 0 radical (unpaired) electrons. The maximum Gasteiger partial charge on any atom is 0.330 e. The van der Waals surface area contributed by atoms with Crippen LogP contribution in [0.2, 0.25) is 0 Å². The molecule has 0 spiro atoms. The van der Waals surface area contributed by atoms with Gasteiger partial charge in [0.2, 0.25) is 0 Å². The molecule has 2 unspecified atom stereocenters. The zero-order chi connectivity index (χ0) is 10.4. The molecule has 0 saturated carbocycles. The van der Waals surface area contributed by atoms with E-state index in [1.807, 2.05) is 0 Å². The summed E-state index contributed by atoms with van der Waals surface area (Å²) in [5.74, 6) is 0.283. The Morgan fingerprint density at radius 3 is 2.86 bits per heavy atom. The fraction of sp³-hybridized carbons (Fsp3) is 0.700. The van der Waals surface area contributed by atoms with Gasteiger partial charge in [-0.1, -0.05) is 6.58 Å². The molecule has 0 aromatic carbocycles. The number of ether oxygens (including phenoxy) is 2. The molecule has 0 aliphatic carbocycles. The number of halogens is 1. The van der Waals surface area contributed by atoms with Crippen molar-refractivity contribution in [3.63, 3.8) is 0 Å². The molecular weight excluding hydrogens is 204 g/mol. The number of esters is 1. The molecule has 1 heterocycles. The van der Waals surface area contributed by atoms with Crippen LogP contribution in [0.5, 0.6) is 0 Å². The van der Waals surface area contributed by atoms with Gasteiger partial charge in [0.25, 0.3) is 0 Å². The largest absolute Gasteiger partial charge is 0.463 e. The van der Waals surface area contributed by atoms with Gasteiger partial charge in [0.1, 0.15) is 0 Å². The summed E-state index contributed by atoms with van der Waals surface area (Å²) in [7, 11) is 0. The van der Waals surface area contributed by atoms with Crippen molar-refractivity contribution >= 4 is 17.6 Å². The van der Waals surface area contributed by atoms with Crippen molar-refractivity contribution in [1.82, 2.24) is 0 Å². The summed E-state index contributed by atoms with van der Waals surface area (Å²) in [5.41, 5.74) is 0. The molecule has 1 aliphatic heterocycles. The van der Waals surface area contributed by atoms with Crippen molar-refractivity contribution in [2.24, 2.45) is 0 Å². The van der Waals surface area contributed by atoms with E-state index in [2.05, 4.69) is 6.58 Å². The van der Waals surface area contributed by atoms with Crippen LogP contribution < -0.4 is 0 Å². The molecule has 1 fully saturated rings. The van der Waals surface area contributed by atoms with Gasteiger partial charge >= 0.3 is 5.97 Å². The standard InChI is InChI=1S/C10H15ClO3/c1-2-10(12)13-7-3-4-8-9(14-8)5-6-11/h2,8-9H,1,3-7H2. The topological polar surface area (TPSA) is 38.8 Å². The van der Waals surface area contributed by atoms with E-state index < -0.39 is 0 Å². The quantitative estimate of drug-likeness (QED) is 0.215. The number of carbonyl (C=O) groups excluding carboxylic acids is 1. The van der Waals surface area contributed by atoms with Crippen molar-refractivity contribution in [3.05, 3.63) is 12.7 Å². The molecular formula is C10H15ClO3. The van der Waals surface area contributed by atoms with Gasteiger partial charge in [-0.05, 0) is 19.3 Å². The van der Waals surface area contributed by atoms with Gasteiger partial charge in [-0.15, -0.1) is 11.6 Å². The Hall–Kier alpha value is -0.540. The molecule has 4 heteroatoms. The number of hydrogen-bond donors (Lipinski definition) is 0. The van der Waals surface area contributed by atoms with Crippen LogP contribution in [0.4, 0.5) is 0 Å². The minimum atomic E-state index is -0.362. The van der Waals surface area contributed by atoms with Gasteiger partial charge in [-0.3, -0.25) is 0 Å². The Labute approximate surface area is 89.0 Å². The Bertz CT molecular complexity index is 206. The third-order valence-electron chi connectivity index (χ3n) is 2.13. The van der Waals surface area contributed by atoms with E-state index in [1.54, 1.807) is 0 Å². The number of rotatable bonds is 7. The zero-order valence-corrected chi connectivity index (χ0v) is 8.83. The summed E-state index contributed by atoms with van der Waals surface area (Å²) in [6.07, 6.45) is 4.52. The van der Waals surface area contributed by atoms with Crippen LogP contribution in [-0.2, 0) is 14.3 Å². The first kappa shape index (κ1) is 11.5. The highest BCUT2D eigenvalue weighted by atomic mass is 35.5. The van der Waals surface area contributed by atoms with Gasteiger partial charge < -0.3 is 9.47 Å². The monoisotopic (exact) mass is 218 g/mol. The second-order valence-corrected chi connectivity index (χ2v) is 3.58. The maximum atomic E-state index is 10.6. The molecule has 3 nitrogen and oxygen atoms in total. The summed E-state index contributed by atoms with van der Waals surface area (Å²) in [4.78, 5) is 10.6. The summed E-state index contributed by atoms with van der Waals surface area (Å²) in [5, 5.41) is 0. The van der Waals surface area contributed by atoms with E-state index in [1.165, 1.54) is 6.08 Å². The van der Waals surface area contributed by atoms with Crippen molar-refractivity contribution in [2.45, 2.75) is 31.5 Å². The molecule has 0 aromatic heterocycles. The molecule has 1 saturated heterocycles. The molecule has 1 rings (SSSR count). The molecule has 0 N–H and O–H groups in total. The number of hydrogen-bond acceptors (Lipinski definition) is 3. The predicted octanol–water partition coefficient (Wildman–Crippen LogP) is 1.89. The lowest BCUT2D eigenvalue weighted by Crippen LogP contribution is -2.03. The van der Waals surface area contributed by atoms with Crippen LogP contribution in [0.15, 0.2) is 12.7 Å². The smallest absolute Gasteiger partial charge is 0.330 e. The van der Waals surface area contributed by atoms with Crippen LogP contribution >= 0.6 is 11.6 Å². The Balaban J connectivity index is 1.91. The number of alkyl halides is 1. The van der Waals surface area contributed by atoms with E-state index in [0.29, 0.717) is 24.7 Å². The number of epoxide rings is 1. The first-order valence-corrected chi connectivity index (χ1v) is 5.32. The van der Waals surface area contributed by atoms with Crippen LogP contribution in [0.3, 0.4) is 0 Å². The van der Waals surface area contributed by atoms with Crippen molar-refractivity contribution in [1.29, 1.82) is 0 Å². The van der Waals surface area contributed by atoms with Crippen molar-refractivity contribution < 1.29 is 14.3 Å². The molecule has 80 valence electrons. The van der Waals surface area contributed by atoms with Crippen LogP contribution in [0.1, 0.15) is 19.3 Å². The maximum absolute atomic E-state index is 10.6. The molecule has 0 aromatic rings. The lowest BCUT2D eigenvalue weighted by Gasteiger charge is -1.99. The van der Waals surface area contributed by atoms with Crippen LogP contribution in [0.25, 0.3) is 0 Å². The van der Waals surface area contributed by atoms with E-state index in [4.69, 9.17) is 21.1 Å². The van der Waals surface area contributed by atoms with E-state index in [9.17, 15) is 4.79 Å². The predicted molar refractivity (Wildman–Crippen MR) is 54.4 cm³/mol. The third-order valence-corrected chi connectivity index (χ3v) is 2.34. The lowest BCUT2D eigenvalue weighted by molar-refractivity contribution is -0.137. The van der Waals surface area contributed by atoms with Crippen LogP contribution in [-0.4, -0.2) is 30.7 Å². The fourth-order valence-electron chi connectivity index (χ4n) is 1.31. The second kappa shape index (κ2) is 6.04. The van der Waals surface area contributed by atoms with Crippen LogP contribution in [0, 0.1) is 0 Å². The highest BCUT2D eigenvalue weighted by Crippen LogP contribution is 2.29. The zero-order valence-electron chi connectivity index (χ0n) is 8.08. The molecule has 14 heavy (non-hydrogen) atoms. The number of carbonyl (C=O) groups is 1. The third kappa shape index (κ3) is 4.11. The fourth-order valence-corrected chi connectivity index (χ4v) is 1.53. The summed E-state index contributed by atoms with van der Waals surface area (Å²) < 4.78 is 10.2. The Morgan fingerprint density at radius 1 is 1.50 bits per heavy atom. The average molecular weight is 219 g/mol. The first-order chi connectivity index (χ1) is 6.77. The van der Waals surface area contributed by atoms with E-state index >= 15 is 0 Å². The molecule has 0 bridgehead atoms. The van der Waals surface area contributed by atoms with Gasteiger partial charge in [-0.25, -0.2) is 4.79 Å². The first-order valence-electron chi connectivity index (χ1n) is 4.78. The molecule has 1 aliphatic rings. The minimum Gasteiger partial charge on any atom is -0.463 e. The van der Waals surface area contributed by atoms with Crippen molar-refractivity contribution in [3.8, 4) is 0 Å². The minimum absolute atomic E-state index is 0.330. The highest BCUT2D eigenvalue weighted by molar-refractivity contribution is 6.17. The summed E-state index contributed by atoms with van der Waals surface area (Å²) in [6, 6.07) is 0. The Kier molecular flexibility index (Phi) is 4.98. The van der Waals surface area contributed by atoms with Gasteiger partial charge in [0, 0.05) is 12.0 Å². The lowest BCUT2D eigenvalue weighted by atomic mass is 10.2. The van der Waals surface area contributed by atoms with E-state index in [0.717, 1.165) is 19.3 Å². The molecule has 0 amide bonds. The summed E-state index contributed by atoms with van der Waals surface area (Å²) >= 11 is 5.56. The SMILES string of the molecule is C=CC(=O)OCCCC1OC1CCCl. The Morgan fingerprint density at radius 2 is 2.21 bits per heavy atom. The van der Waals surface area contributed by atoms with Crippen molar-refractivity contribution in [2.75, 3.05) is 12.5 Å². The highest BCUT2D eigenvalue weighted by Gasteiger charge is 2.36. The molecule has 2 atom stereocenters. The summed E-state index contributed by atoms with van der Waals surface area (Å²) in [6.45, 7) is 3.75. The average Bonchev–Trinajstić information content (AvgIpc) is 2.92. The van der Waals surface area contributed by atoms with E-state index in [-0.39, 0.29) is 5.97 Å². The van der Waals surface area contributed by atoms with Gasteiger partial charge in [-0.2, -0.15) is 0 Å². The normalized spacial score (nSPS) is 24.4. The van der Waals surface area contributed by atoms with Gasteiger partial charge in [0.15, 0.2) is 0 Å². The second-order valence-electron chi connectivity index (χ2n) is 3.20.